The Balaban J connectivity index is 2.44. The van der Waals surface area contributed by atoms with E-state index in [4.69, 9.17) is 0 Å². The molecule has 0 aliphatic heterocycles. The van der Waals surface area contributed by atoms with Gasteiger partial charge in [0.25, 0.3) is 0 Å². The van der Waals surface area contributed by atoms with Crippen molar-refractivity contribution in [3.8, 4) is 0 Å². The summed E-state index contributed by atoms with van der Waals surface area (Å²) >= 11 is 3.41. The van der Waals surface area contributed by atoms with E-state index in [1.54, 1.807) is 0 Å². The van der Waals surface area contributed by atoms with E-state index in [2.05, 4.69) is 59.3 Å². The minimum absolute atomic E-state index is 1.09. The third kappa shape index (κ3) is 4.28. The highest BCUT2D eigenvalue weighted by Crippen LogP contribution is 2.06. The summed E-state index contributed by atoms with van der Waals surface area (Å²) in [5.74, 6) is 0. The predicted molar refractivity (Wildman–Crippen MR) is 63.2 cm³/mol. The first-order valence-corrected chi connectivity index (χ1v) is 5.74. The summed E-state index contributed by atoms with van der Waals surface area (Å²) in [6.07, 6.45) is 6.77. The van der Waals surface area contributed by atoms with E-state index in [1.165, 1.54) is 17.5 Å². The van der Waals surface area contributed by atoms with Crippen LogP contribution in [0, 0.1) is 6.92 Å². The maximum Gasteiger partial charge on any atom is 0.00342 e. The molecule has 0 fully saturated rings. The Morgan fingerprint density at radius 3 is 2.54 bits per heavy atom. The second kappa shape index (κ2) is 5.98. The number of hydrogen-bond acceptors (Lipinski definition) is 0. The maximum absolute atomic E-state index is 3.41. The van der Waals surface area contributed by atoms with Crippen molar-refractivity contribution in [3.63, 3.8) is 0 Å². The average molecular weight is 239 g/mol. The Morgan fingerprint density at radius 1 is 1.23 bits per heavy atom. The van der Waals surface area contributed by atoms with Crippen LogP contribution in [0.5, 0.6) is 0 Å². The van der Waals surface area contributed by atoms with Gasteiger partial charge in [-0.05, 0) is 25.3 Å². The summed E-state index contributed by atoms with van der Waals surface area (Å²) in [5, 5.41) is 1.09. The molecule has 1 aromatic rings. The van der Waals surface area contributed by atoms with Crippen LogP contribution in [0.25, 0.3) is 6.08 Å². The van der Waals surface area contributed by atoms with Crippen molar-refractivity contribution in [3.05, 3.63) is 41.5 Å². The zero-order valence-corrected chi connectivity index (χ0v) is 9.55. The Labute approximate surface area is 88.8 Å². The highest BCUT2D eigenvalue weighted by atomic mass is 79.9. The fourth-order valence-corrected chi connectivity index (χ4v) is 1.42. The third-order valence-corrected chi connectivity index (χ3v) is 2.45. The first kappa shape index (κ1) is 10.5. The Morgan fingerprint density at radius 2 is 1.92 bits per heavy atom. The summed E-state index contributed by atoms with van der Waals surface area (Å²) in [4.78, 5) is 0. The smallest absolute Gasteiger partial charge is 0.00342 e. The van der Waals surface area contributed by atoms with Crippen molar-refractivity contribution in [2.24, 2.45) is 0 Å². The highest BCUT2D eigenvalue weighted by molar-refractivity contribution is 9.09. The van der Waals surface area contributed by atoms with Gasteiger partial charge in [-0.1, -0.05) is 57.9 Å². The number of hydrogen-bond donors (Lipinski definition) is 0. The molecular formula is C12H15Br. The van der Waals surface area contributed by atoms with Crippen molar-refractivity contribution in [2.45, 2.75) is 19.8 Å². The van der Waals surface area contributed by atoms with Gasteiger partial charge in [-0.3, -0.25) is 0 Å². The zero-order chi connectivity index (χ0) is 9.52. The molecule has 0 saturated heterocycles. The van der Waals surface area contributed by atoms with Crippen molar-refractivity contribution < 1.29 is 0 Å². The number of rotatable bonds is 4. The van der Waals surface area contributed by atoms with Gasteiger partial charge in [-0.2, -0.15) is 0 Å². The van der Waals surface area contributed by atoms with E-state index in [1.807, 2.05) is 0 Å². The summed E-state index contributed by atoms with van der Waals surface area (Å²) < 4.78 is 0. The minimum Gasteiger partial charge on any atom is -0.0928 e. The third-order valence-electron chi connectivity index (χ3n) is 1.89. The minimum atomic E-state index is 1.09. The van der Waals surface area contributed by atoms with Gasteiger partial charge in [0.15, 0.2) is 0 Å². The monoisotopic (exact) mass is 238 g/mol. The molecule has 0 bridgehead atoms. The SMILES string of the molecule is Cc1ccc(/C=C/CCCBr)cc1. The quantitative estimate of drug-likeness (QED) is 0.546. The summed E-state index contributed by atoms with van der Waals surface area (Å²) in [7, 11) is 0. The molecule has 0 radical (unpaired) electrons. The zero-order valence-electron chi connectivity index (χ0n) is 7.96. The van der Waals surface area contributed by atoms with Crippen LogP contribution in [-0.2, 0) is 0 Å². The topological polar surface area (TPSA) is 0 Å². The Kier molecular flexibility index (Phi) is 4.84. The highest BCUT2D eigenvalue weighted by Gasteiger charge is 1.85. The Bertz CT molecular complexity index is 259. The molecular weight excluding hydrogens is 224 g/mol. The van der Waals surface area contributed by atoms with Gasteiger partial charge in [-0.15, -0.1) is 0 Å². The van der Waals surface area contributed by atoms with Crippen LogP contribution in [0.15, 0.2) is 30.3 Å². The van der Waals surface area contributed by atoms with Gasteiger partial charge in [0.1, 0.15) is 0 Å². The van der Waals surface area contributed by atoms with E-state index in [-0.39, 0.29) is 0 Å². The summed E-state index contributed by atoms with van der Waals surface area (Å²) in [6, 6.07) is 8.59. The lowest BCUT2D eigenvalue weighted by Gasteiger charge is -1.94. The lowest BCUT2D eigenvalue weighted by molar-refractivity contribution is 0.983. The van der Waals surface area contributed by atoms with Gasteiger partial charge in [0.05, 0.1) is 0 Å². The second-order valence-corrected chi connectivity index (χ2v) is 3.94. The molecule has 0 aromatic heterocycles. The molecule has 0 aliphatic carbocycles. The molecule has 0 heterocycles. The van der Waals surface area contributed by atoms with E-state index in [0.717, 1.165) is 11.8 Å². The van der Waals surface area contributed by atoms with Crippen LogP contribution in [-0.4, -0.2) is 5.33 Å². The molecule has 13 heavy (non-hydrogen) atoms. The first-order valence-electron chi connectivity index (χ1n) is 4.62. The van der Waals surface area contributed by atoms with Gasteiger partial charge in [-0.25, -0.2) is 0 Å². The average Bonchev–Trinajstić information content (AvgIpc) is 2.15. The molecule has 1 heteroatoms. The molecule has 0 aliphatic rings. The van der Waals surface area contributed by atoms with Crippen LogP contribution in [0.4, 0.5) is 0 Å². The van der Waals surface area contributed by atoms with Gasteiger partial charge < -0.3 is 0 Å². The second-order valence-electron chi connectivity index (χ2n) is 3.14. The van der Waals surface area contributed by atoms with Crippen LogP contribution in [0.1, 0.15) is 24.0 Å². The maximum atomic E-state index is 3.41. The molecule has 0 saturated carbocycles. The molecule has 70 valence electrons. The van der Waals surface area contributed by atoms with Crippen LogP contribution >= 0.6 is 15.9 Å². The first-order chi connectivity index (χ1) is 6.33. The number of halogens is 1. The lowest BCUT2D eigenvalue weighted by atomic mass is 10.1. The van der Waals surface area contributed by atoms with E-state index in [9.17, 15) is 0 Å². The molecule has 1 aromatic carbocycles. The predicted octanol–water partition coefficient (Wildman–Crippen LogP) is 4.18. The molecule has 0 atom stereocenters. The normalized spacial score (nSPS) is 10.9. The molecule has 0 amide bonds. The summed E-state index contributed by atoms with van der Waals surface area (Å²) in [5.41, 5.74) is 2.61. The van der Waals surface area contributed by atoms with Crippen molar-refractivity contribution >= 4 is 22.0 Å². The Hall–Kier alpha value is -0.560. The number of aryl methyl sites for hydroxylation is 1. The fourth-order valence-electron chi connectivity index (χ4n) is 1.09. The fraction of sp³-hybridized carbons (Fsp3) is 0.333. The van der Waals surface area contributed by atoms with Crippen molar-refractivity contribution in [2.75, 3.05) is 5.33 Å². The van der Waals surface area contributed by atoms with Crippen molar-refractivity contribution in [1.29, 1.82) is 0 Å². The molecule has 0 N–H and O–H groups in total. The van der Waals surface area contributed by atoms with Crippen LogP contribution in [0.3, 0.4) is 0 Å². The standard InChI is InChI=1S/C12H15Br/c1-11-6-8-12(9-7-11)5-3-2-4-10-13/h3,5-9H,2,4,10H2,1H3/b5-3+. The van der Waals surface area contributed by atoms with E-state index in [0.29, 0.717) is 0 Å². The van der Waals surface area contributed by atoms with Crippen LogP contribution in [0.2, 0.25) is 0 Å². The number of allylic oxidation sites excluding steroid dienone is 1. The van der Waals surface area contributed by atoms with E-state index < -0.39 is 0 Å². The van der Waals surface area contributed by atoms with Crippen molar-refractivity contribution in [1.82, 2.24) is 0 Å². The lowest BCUT2D eigenvalue weighted by Crippen LogP contribution is -1.74. The van der Waals surface area contributed by atoms with Gasteiger partial charge in [0.2, 0.25) is 0 Å². The summed E-state index contributed by atoms with van der Waals surface area (Å²) in [6.45, 7) is 2.11. The number of unbranched alkanes of at least 4 members (excludes halogenated alkanes) is 1. The van der Waals surface area contributed by atoms with E-state index >= 15 is 0 Å². The molecule has 1 rings (SSSR count). The molecule has 0 spiro atoms. The molecule has 0 nitrogen and oxygen atoms in total. The van der Waals surface area contributed by atoms with Gasteiger partial charge in [0, 0.05) is 5.33 Å². The largest absolute Gasteiger partial charge is 0.0928 e. The molecule has 0 unspecified atom stereocenters. The van der Waals surface area contributed by atoms with Crippen LogP contribution < -0.4 is 0 Å². The van der Waals surface area contributed by atoms with Gasteiger partial charge >= 0.3 is 0 Å². The number of benzene rings is 1. The number of alkyl halides is 1.